The summed E-state index contributed by atoms with van der Waals surface area (Å²) < 4.78 is 0. The quantitative estimate of drug-likeness (QED) is 0.734. The van der Waals surface area contributed by atoms with Gasteiger partial charge < -0.3 is 16.0 Å². The Hall–Kier alpha value is -1.81. The lowest BCUT2D eigenvalue weighted by Crippen LogP contribution is -2.23. The molecule has 0 saturated heterocycles. The van der Waals surface area contributed by atoms with Gasteiger partial charge in [0.05, 0.1) is 5.69 Å². The highest BCUT2D eigenvalue weighted by Gasteiger charge is 2.08. The van der Waals surface area contributed by atoms with Crippen molar-refractivity contribution in [3.8, 4) is 0 Å². The topological polar surface area (TPSA) is 70.9 Å². The zero-order chi connectivity index (χ0) is 11.5. The number of hydrogen-bond donors (Lipinski definition) is 3. The first kappa shape index (κ1) is 10.7. The van der Waals surface area contributed by atoms with Crippen LogP contribution in [0.5, 0.6) is 0 Å². The van der Waals surface area contributed by atoms with Crippen LogP contribution < -0.4 is 11.1 Å². The molecule has 0 spiro atoms. The Morgan fingerprint density at radius 2 is 2.25 bits per heavy atom. The highest BCUT2D eigenvalue weighted by molar-refractivity contribution is 6.01. The van der Waals surface area contributed by atoms with Crippen LogP contribution in [0, 0.1) is 0 Å². The number of anilines is 1. The first-order valence-corrected chi connectivity index (χ1v) is 5.28. The third-order valence-corrected chi connectivity index (χ3v) is 2.37. The number of aromatic nitrogens is 1. The van der Waals surface area contributed by atoms with E-state index in [1.807, 2.05) is 31.2 Å². The van der Waals surface area contributed by atoms with E-state index in [1.54, 1.807) is 6.20 Å². The minimum absolute atomic E-state index is 0.0558. The van der Waals surface area contributed by atoms with Crippen LogP contribution in [-0.2, 0) is 4.79 Å². The third kappa shape index (κ3) is 2.23. The first-order chi connectivity index (χ1) is 7.66. The largest absolute Gasteiger partial charge is 0.359 e. The van der Waals surface area contributed by atoms with Crippen LogP contribution in [0.25, 0.3) is 10.9 Å². The molecule has 1 heterocycles. The van der Waals surface area contributed by atoms with E-state index >= 15 is 0 Å². The normalized spacial score (nSPS) is 12.6. The van der Waals surface area contributed by atoms with Crippen LogP contribution >= 0.6 is 0 Å². The number of fused-ring (bicyclic) bond motifs is 1. The van der Waals surface area contributed by atoms with E-state index in [2.05, 4.69) is 10.3 Å². The molecular weight excluding hydrogens is 202 g/mol. The smallest absolute Gasteiger partial charge is 0.225 e. The molecule has 0 aliphatic heterocycles. The van der Waals surface area contributed by atoms with Crippen molar-refractivity contribution in [2.45, 2.75) is 19.4 Å². The minimum atomic E-state index is -0.120. The zero-order valence-corrected chi connectivity index (χ0v) is 9.16. The molecule has 4 heteroatoms. The van der Waals surface area contributed by atoms with Gasteiger partial charge in [-0.2, -0.15) is 0 Å². The van der Waals surface area contributed by atoms with Gasteiger partial charge in [-0.05, 0) is 13.0 Å². The molecule has 0 aliphatic carbocycles. The predicted octanol–water partition coefficient (Wildman–Crippen LogP) is 1.84. The van der Waals surface area contributed by atoms with Gasteiger partial charge in [0.2, 0.25) is 5.91 Å². The molecule has 1 atom stereocenters. The van der Waals surface area contributed by atoms with Gasteiger partial charge in [0, 0.05) is 29.6 Å². The van der Waals surface area contributed by atoms with Crippen molar-refractivity contribution in [2.75, 3.05) is 5.32 Å². The maximum absolute atomic E-state index is 11.6. The van der Waals surface area contributed by atoms with E-state index in [1.165, 1.54) is 0 Å². The van der Waals surface area contributed by atoms with E-state index in [0.717, 1.165) is 16.6 Å². The first-order valence-electron chi connectivity index (χ1n) is 5.28. The second kappa shape index (κ2) is 4.37. The zero-order valence-electron chi connectivity index (χ0n) is 9.16. The number of nitrogens with two attached hydrogens (primary N) is 1. The SMILES string of the molecule is C[C@H](N)CC(=O)Nc1c[nH]c2ccccc12. The van der Waals surface area contributed by atoms with Gasteiger partial charge in [0.15, 0.2) is 0 Å². The highest BCUT2D eigenvalue weighted by Crippen LogP contribution is 2.22. The van der Waals surface area contributed by atoms with Gasteiger partial charge in [0.1, 0.15) is 0 Å². The van der Waals surface area contributed by atoms with E-state index in [4.69, 9.17) is 5.73 Å². The summed E-state index contributed by atoms with van der Waals surface area (Å²) >= 11 is 0. The van der Waals surface area contributed by atoms with Crippen LogP contribution in [0.2, 0.25) is 0 Å². The molecule has 84 valence electrons. The summed E-state index contributed by atoms with van der Waals surface area (Å²) in [6.45, 7) is 1.81. The maximum Gasteiger partial charge on any atom is 0.225 e. The van der Waals surface area contributed by atoms with Gasteiger partial charge in [-0.1, -0.05) is 18.2 Å². The van der Waals surface area contributed by atoms with E-state index in [9.17, 15) is 4.79 Å². The van der Waals surface area contributed by atoms with Crippen molar-refractivity contribution in [3.63, 3.8) is 0 Å². The molecule has 0 fully saturated rings. The molecule has 4 nitrogen and oxygen atoms in total. The Morgan fingerprint density at radius 1 is 1.50 bits per heavy atom. The molecule has 0 unspecified atom stereocenters. The standard InChI is InChI=1S/C12H15N3O/c1-8(13)6-12(16)15-11-7-14-10-5-3-2-4-9(10)11/h2-5,7-8,14H,6,13H2,1H3,(H,15,16)/t8-/m0/s1. The molecule has 1 aromatic heterocycles. The van der Waals surface area contributed by atoms with Gasteiger partial charge in [0.25, 0.3) is 0 Å². The number of H-pyrrole nitrogens is 1. The van der Waals surface area contributed by atoms with Crippen molar-refractivity contribution < 1.29 is 4.79 Å². The molecule has 2 rings (SSSR count). The fourth-order valence-corrected chi connectivity index (χ4v) is 1.67. The van der Waals surface area contributed by atoms with E-state index in [0.29, 0.717) is 6.42 Å². The second-order valence-corrected chi connectivity index (χ2v) is 3.98. The van der Waals surface area contributed by atoms with Crippen LogP contribution in [0.3, 0.4) is 0 Å². The Balaban J connectivity index is 2.18. The number of amides is 1. The van der Waals surface area contributed by atoms with Crippen molar-refractivity contribution in [1.82, 2.24) is 4.98 Å². The van der Waals surface area contributed by atoms with Gasteiger partial charge >= 0.3 is 0 Å². The lowest BCUT2D eigenvalue weighted by molar-refractivity contribution is -0.116. The molecule has 16 heavy (non-hydrogen) atoms. The molecule has 0 aliphatic rings. The second-order valence-electron chi connectivity index (χ2n) is 3.98. The molecule has 0 radical (unpaired) electrons. The Labute approximate surface area is 93.8 Å². The Morgan fingerprint density at radius 3 is 3.00 bits per heavy atom. The van der Waals surface area contributed by atoms with Crippen molar-refractivity contribution in [1.29, 1.82) is 0 Å². The predicted molar refractivity (Wildman–Crippen MR) is 65.2 cm³/mol. The summed E-state index contributed by atoms with van der Waals surface area (Å²) in [5.41, 5.74) is 7.39. The summed E-state index contributed by atoms with van der Waals surface area (Å²) in [5, 5.41) is 3.86. The van der Waals surface area contributed by atoms with Gasteiger partial charge in [-0.3, -0.25) is 4.79 Å². The number of carbonyl (C=O) groups excluding carboxylic acids is 1. The number of carbonyl (C=O) groups is 1. The van der Waals surface area contributed by atoms with Gasteiger partial charge in [-0.25, -0.2) is 0 Å². The molecule has 1 aromatic carbocycles. The maximum atomic E-state index is 11.6. The fraction of sp³-hybridized carbons (Fsp3) is 0.250. The van der Waals surface area contributed by atoms with E-state index < -0.39 is 0 Å². The summed E-state index contributed by atoms with van der Waals surface area (Å²) in [6.07, 6.45) is 2.13. The summed E-state index contributed by atoms with van der Waals surface area (Å²) in [7, 11) is 0. The molecule has 2 aromatic rings. The molecule has 0 bridgehead atoms. The van der Waals surface area contributed by atoms with E-state index in [-0.39, 0.29) is 11.9 Å². The fourth-order valence-electron chi connectivity index (χ4n) is 1.67. The Kier molecular flexibility index (Phi) is 2.92. The summed E-state index contributed by atoms with van der Waals surface area (Å²) in [6, 6.07) is 7.71. The molecule has 1 amide bonds. The van der Waals surface area contributed by atoms with Crippen molar-refractivity contribution in [2.24, 2.45) is 5.73 Å². The molecule has 4 N–H and O–H groups in total. The summed E-state index contributed by atoms with van der Waals surface area (Å²) in [5.74, 6) is -0.0558. The number of hydrogen-bond acceptors (Lipinski definition) is 2. The van der Waals surface area contributed by atoms with Gasteiger partial charge in [-0.15, -0.1) is 0 Å². The van der Waals surface area contributed by atoms with Crippen molar-refractivity contribution in [3.05, 3.63) is 30.5 Å². The van der Waals surface area contributed by atoms with Crippen LogP contribution in [-0.4, -0.2) is 16.9 Å². The monoisotopic (exact) mass is 217 g/mol. The van der Waals surface area contributed by atoms with Crippen LogP contribution in [0.15, 0.2) is 30.5 Å². The third-order valence-electron chi connectivity index (χ3n) is 2.37. The number of para-hydroxylation sites is 1. The number of rotatable bonds is 3. The van der Waals surface area contributed by atoms with Crippen LogP contribution in [0.1, 0.15) is 13.3 Å². The average molecular weight is 217 g/mol. The minimum Gasteiger partial charge on any atom is -0.359 e. The Bertz CT molecular complexity index is 502. The number of nitrogens with one attached hydrogen (secondary N) is 2. The van der Waals surface area contributed by atoms with Crippen LogP contribution in [0.4, 0.5) is 5.69 Å². The number of aromatic amines is 1. The number of benzene rings is 1. The lowest BCUT2D eigenvalue weighted by Gasteiger charge is -2.05. The highest BCUT2D eigenvalue weighted by atomic mass is 16.1. The summed E-state index contributed by atoms with van der Waals surface area (Å²) in [4.78, 5) is 14.7. The van der Waals surface area contributed by atoms with Crippen molar-refractivity contribution >= 4 is 22.5 Å². The average Bonchev–Trinajstić information content (AvgIpc) is 2.61. The molecule has 0 saturated carbocycles. The molecular formula is C12H15N3O. The lowest BCUT2D eigenvalue weighted by atomic mass is 10.2.